The molecule has 0 aliphatic carbocycles. The van der Waals surface area contributed by atoms with Crippen LogP contribution in [0.4, 0.5) is 11.8 Å². The summed E-state index contributed by atoms with van der Waals surface area (Å²) >= 11 is 0. The van der Waals surface area contributed by atoms with Gasteiger partial charge in [-0.05, 0) is 32.2 Å². The third-order valence-electron chi connectivity index (χ3n) is 5.08. The molecule has 1 aromatic carbocycles. The van der Waals surface area contributed by atoms with Crippen LogP contribution in [0.3, 0.4) is 0 Å². The topological polar surface area (TPSA) is 67.1 Å². The van der Waals surface area contributed by atoms with E-state index in [1.807, 2.05) is 18.2 Å². The van der Waals surface area contributed by atoms with Crippen LogP contribution in [0.5, 0.6) is 0 Å². The van der Waals surface area contributed by atoms with Crippen LogP contribution in [-0.4, -0.2) is 35.6 Å². The SMILES string of the molecule is Cc1c(-c2ccccc2)nc(N)nc1N1C[C@H]2CCCN[C@H]2C1. The van der Waals surface area contributed by atoms with E-state index >= 15 is 0 Å². The highest BCUT2D eigenvalue weighted by Gasteiger charge is 2.35. The lowest BCUT2D eigenvalue weighted by atomic mass is 9.94. The molecule has 3 N–H and O–H groups in total. The Bertz CT molecular complexity index is 686. The predicted octanol–water partition coefficient (Wildman–Crippen LogP) is 2.22. The van der Waals surface area contributed by atoms with E-state index in [-0.39, 0.29) is 0 Å². The van der Waals surface area contributed by atoms with E-state index in [0.29, 0.717) is 12.0 Å². The number of rotatable bonds is 2. The van der Waals surface area contributed by atoms with Crippen LogP contribution in [0.25, 0.3) is 11.3 Å². The van der Waals surface area contributed by atoms with Crippen molar-refractivity contribution in [2.45, 2.75) is 25.8 Å². The molecule has 3 heterocycles. The van der Waals surface area contributed by atoms with E-state index in [1.165, 1.54) is 12.8 Å². The van der Waals surface area contributed by atoms with Gasteiger partial charge in [-0.15, -0.1) is 0 Å². The molecule has 0 radical (unpaired) electrons. The Morgan fingerprint density at radius 3 is 2.78 bits per heavy atom. The van der Waals surface area contributed by atoms with Crippen molar-refractivity contribution in [3.05, 3.63) is 35.9 Å². The third-order valence-corrected chi connectivity index (χ3v) is 5.08. The molecule has 0 saturated carbocycles. The third kappa shape index (κ3) is 2.65. The van der Waals surface area contributed by atoms with Crippen LogP contribution < -0.4 is 16.0 Å². The van der Waals surface area contributed by atoms with E-state index < -0.39 is 0 Å². The van der Waals surface area contributed by atoms with Gasteiger partial charge in [0, 0.05) is 30.3 Å². The zero-order valence-corrected chi connectivity index (χ0v) is 13.5. The molecule has 2 aliphatic rings. The van der Waals surface area contributed by atoms with Crippen LogP contribution in [0.15, 0.2) is 30.3 Å². The molecule has 5 nitrogen and oxygen atoms in total. The number of anilines is 2. The summed E-state index contributed by atoms with van der Waals surface area (Å²) in [6.07, 6.45) is 2.58. The van der Waals surface area contributed by atoms with Gasteiger partial charge in [-0.3, -0.25) is 0 Å². The van der Waals surface area contributed by atoms with Crippen LogP contribution >= 0.6 is 0 Å². The Kier molecular flexibility index (Phi) is 3.65. The average molecular weight is 309 g/mol. The van der Waals surface area contributed by atoms with Crippen LogP contribution in [-0.2, 0) is 0 Å². The summed E-state index contributed by atoms with van der Waals surface area (Å²) < 4.78 is 0. The van der Waals surface area contributed by atoms with Gasteiger partial charge in [0.15, 0.2) is 0 Å². The highest BCUT2D eigenvalue weighted by Crippen LogP contribution is 2.33. The number of hydrogen-bond donors (Lipinski definition) is 2. The normalized spacial score (nSPS) is 23.8. The Labute approximate surface area is 136 Å². The zero-order chi connectivity index (χ0) is 15.8. The van der Waals surface area contributed by atoms with Crippen molar-refractivity contribution < 1.29 is 0 Å². The highest BCUT2D eigenvalue weighted by atomic mass is 15.3. The molecule has 0 bridgehead atoms. The first-order valence-corrected chi connectivity index (χ1v) is 8.40. The Morgan fingerprint density at radius 2 is 2.00 bits per heavy atom. The molecular weight excluding hydrogens is 286 g/mol. The van der Waals surface area contributed by atoms with Crippen molar-refractivity contribution in [1.82, 2.24) is 15.3 Å². The first-order valence-electron chi connectivity index (χ1n) is 8.40. The molecule has 2 aliphatic heterocycles. The molecule has 5 heteroatoms. The van der Waals surface area contributed by atoms with E-state index in [0.717, 1.165) is 48.2 Å². The molecule has 0 spiro atoms. The number of nitrogens with two attached hydrogens (primary N) is 1. The number of nitrogens with zero attached hydrogens (tertiary/aromatic N) is 3. The molecule has 2 saturated heterocycles. The fourth-order valence-corrected chi connectivity index (χ4v) is 3.93. The fourth-order valence-electron chi connectivity index (χ4n) is 3.93. The minimum Gasteiger partial charge on any atom is -0.368 e. The van der Waals surface area contributed by atoms with E-state index in [1.54, 1.807) is 0 Å². The van der Waals surface area contributed by atoms with Gasteiger partial charge in [-0.2, -0.15) is 4.98 Å². The van der Waals surface area contributed by atoms with Crippen molar-refractivity contribution in [3.8, 4) is 11.3 Å². The van der Waals surface area contributed by atoms with Gasteiger partial charge >= 0.3 is 0 Å². The molecule has 2 aromatic rings. The number of aromatic nitrogens is 2. The highest BCUT2D eigenvalue weighted by molar-refractivity contribution is 5.70. The van der Waals surface area contributed by atoms with E-state index in [4.69, 9.17) is 5.73 Å². The second-order valence-corrected chi connectivity index (χ2v) is 6.61. The first-order chi connectivity index (χ1) is 11.2. The number of hydrogen-bond acceptors (Lipinski definition) is 5. The molecule has 0 unspecified atom stereocenters. The van der Waals surface area contributed by atoms with Crippen LogP contribution in [0.2, 0.25) is 0 Å². The molecule has 2 fully saturated rings. The van der Waals surface area contributed by atoms with Crippen LogP contribution in [0, 0.1) is 12.8 Å². The Hall–Kier alpha value is -2.14. The molecule has 1 aromatic heterocycles. The maximum absolute atomic E-state index is 6.02. The number of nitrogens with one attached hydrogen (secondary N) is 1. The summed E-state index contributed by atoms with van der Waals surface area (Å²) in [7, 11) is 0. The lowest BCUT2D eigenvalue weighted by Gasteiger charge is -2.24. The second-order valence-electron chi connectivity index (χ2n) is 6.61. The second kappa shape index (κ2) is 5.81. The fraction of sp³-hybridized carbons (Fsp3) is 0.444. The van der Waals surface area contributed by atoms with Gasteiger partial charge in [-0.1, -0.05) is 30.3 Å². The van der Waals surface area contributed by atoms with Crippen molar-refractivity contribution in [2.75, 3.05) is 30.3 Å². The Morgan fingerprint density at radius 1 is 1.17 bits per heavy atom. The first kappa shape index (κ1) is 14.5. The molecule has 4 rings (SSSR count). The maximum atomic E-state index is 6.02. The summed E-state index contributed by atoms with van der Waals surface area (Å²) in [6, 6.07) is 10.8. The lowest BCUT2D eigenvalue weighted by molar-refractivity contribution is 0.340. The summed E-state index contributed by atoms with van der Waals surface area (Å²) in [6.45, 7) is 5.31. The number of nitrogen functional groups attached to an aromatic ring is 1. The predicted molar refractivity (Wildman–Crippen MR) is 93.3 cm³/mol. The average Bonchev–Trinajstić information content (AvgIpc) is 3.01. The lowest BCUT2D eigenvalue weighted by Crippen LogP contribution is -2.40. The van der Waals surface area contributed by atoms with Gasteiger partial charge in [0.05, 0.1) is 5.69 Å². The largest absolute Gasteiger partial charge is 0.368 e. The molecule has 120 valence electrons. The molecule has 2 atom stereocenters. The summed E-state index contributed by atoms with van der Waals surface area (Å²) in [4.78, 5) is 11.4. The molecule has 23 heavy (non-hydrogen) atoms. The van der Waals surface area contributed by atoms with Gasteiger partial charge in [-0.25, -0.2) is 4.98 Å². The van der Waals surface area contributed by atoms with Crippen molar-refractivity contribution in [1.29, 1.82) is 0 Å². The van der Waals surface area contributed by atoms with E-state index in [2.05, 4.69) is 39.2 Å². The summed E-state index contributed by atoms with van der Waals surface area (Å²) in [5.41, 5.74) is 9.16. The monoisotopic (exact) mass is 309 g/mol. The van der Waals surface area contributed by atoms with Crippen molar-refractivity contribution >= 4 is 11.8 Å². The van der Waals surface area contributed by atoms with Gasteiger partial charge < -0.3 is 16.0 Å². The van der Waals surface area contributed by atoms with Crippen LogP contribution in [0.1, 0.15) is 18.4 Å². The standard InChI is InChI=1S/C18H23N5/c1-12-16(13-6-3-2-4-7-13)21-18(19)22-17(12)23-10-14-8-5-9-20-15(14)11-23/h2-4,6-7,14-15,20H,5,8-11H2,1H3,(H2,19,21,22)/t14-,15+/m1/s1. The number of fused-ring (bicyclic) bond motifs is 1. The van der Waals surface area contributed by atoms with Gasteiger partial charge in [0.1, 0.15) is 5.82 Å². The summed E-state index contributed by atoms with van der Waals surface area (Å²) in [5, 5.41) is 3.64. The zero-order valence-electron chi connectivity index (χ0n) is 13.5. The Balaban J connectivity index is 1.71. The van der Waals surface area contributed by atoms with Gasteiger partial charge in [0.2, 0.25) is 5.95 Å². The van der Waals surface area contributed by atoms with Gasteiger partial charge in [0.25, 0.3) is 0 Å². The molecular formula is C18H23N5. The number of piperidine rings is 1. The van der Waals surface area contributed by atoms with Crippen molar-refractivity contribution in [2.24, 2.45) is 5.92 Å². The molecule has 0 amide bonds. The number of benzene rings is 1. The van der Waals surface area contributed by atoms with E-state index in [9.17, 15) is 0 Å². The summed E-state index contributed by atoms with van der Waals surface area (Å²) in [5.74, 6) is 2.07. The van der Waals surface area contributed by atoms with Crippen molar-refractivity contribution in [3.63, 3.8) is 0 Å². The minimum atomic E-state index is 0.354. The smallest absolute Gasteiger partial charge is 0.222 e. The maximum Gasteiger partial charge on any atom is 0.222 e. The minimum absolute atomic E-state index is 0.354. The quantitative estimate of drug-likeness (QED) is 0.890.